The van der Waals surface area contributed by atoms with Gasteiger partial charge in [-0.25, -0.2) is 9.59 Å². The molecule has 1 spiro atoms. The van der Waals surface area contributed by atoms with Crippen molar-refractivity contribution in [3.8, 4) is 0 Å². The van der Waals surface area contributed by atoms with Crippen molar-refractivity contribution < 1.29 is 37.8 Å². The molecule has 0 amide bonds. The molecule has 1 aromatic rings. The Morgan fingerprint density at radius 1 is 1.00 bits per heavy atom. The number of hydrogen-bond acceptors (Lipinski definition) is 8. The predicted molar refractivity (Wildman–Crippen MR) is 115 cm³/mol. The van der Waals surface area contributed by atoms with Gasteiger partial charge < -0.3 is 18.6 Å². The molecule has 5 aliphatic rings. The molecule has 8 unspecified atom stereocenters. The smallest absolute Gasteiger partial charge is 0.339 e. The number of epoxide rings is 1. The van der Waals surface area contributed by atoms with Gasteiger partial charge in [0.2, 0.25) is 11.6 Å². The topological polar surface area (TPSA) is 112 Å². The highest BCUT2D eigenvalue weighted by Gasteiger charge is 2.89. The van der Waals surface area contributed by atoms with E-state index in [0.29, 0.717) is 18.4 Å². The highest BCUT2D eigenvalue weighted by Crippen LogP contribution is 2.78. The van der Waals surface area contributed by atoms with E-state index in [1.807, 2.05) is 13.8 Å². The Labute approximate surface area is 197 Å². The van der Waals surface area contributed by atoms with Gasteiger partial charge in [-0.1, -0.05) is 19.9 Å². The first kappa shape index (κ1) is 21.8. The molecule has 0 N–H and O–H groups in total. The number of Topliss-reactive ketones (excluding diaryl/α,β-unsaturated/α-hetero) is 2. The second-order valence-electron chi connectivity index (χ2n) is 11.7. The Morgan fingerprint density at radius 3 is 2.41 bits per heavy atom. The molecule has 8 nitrogen and oxygen atoms in total. The van der Waals surface area contributed by atoms with Gasteiger partial charge in [0.05, 0.1) is 23.9 Å². The third kappa shape index (κ3) is 2.15. The zero-order valence-electron chi connectivity index (χ0n) is 19.9. The van der Waals surface area contributed by atoms with Crippen LogP contribution in [0.15, 0.2) is 35.2 Å². The highest BCUT2D eigenvalue weighted by atomic mass is 16.7. The molecule has 0 aromatic carbocycles. The zero-order valence-corrected chi connectivity index (χ0v) is 19.9. The Hall–Kier alpha value is -2.74. The lowest BCUT2D eigenvalue weighted by Gasteiger charge is -2.64. The van der Waals surface area contributed by atoms with Crippen LogP contribution in [0.3, 0.4) is 0 Å². The van der Waals surface area contributed by atoms with Crippen molar-refractivity contribution in [2.24, 2.45) is 28.1 Å². The second-order valence-corrected chi connectivity index (χ2v) is 11.7. The molecule has 0 bridgehead atoms. The van der Waals surface area contributed by atoms with Crippen LogP contribution in [0.2, 0.25) is 0 Å². The van der Waals surface area contributed by atoms with Gasteiger partial charge in [-0.2, -0.15) is 0 Å². The minimum absolute atomic E-state index is 0.353. The molecule has 1 aromatic heterocycles. The lowest BCUT2D eigenvalue weighted by atomic mass is 9.37. The number of allylic oxidation sites excluding steroid dienone is 1. The van der Waals surface area contributed by atoms with Crippen molar-refractivity contribution in [3.63, 3.8) is 0 Å². The van der Waals surface area contributed by atoms with Crippen LogP contribution in [0, 0.1) is 28.1 Å². The van der Waals surface area contributed by atoms with E-state index >= 15 is 0 Å². The Bertz CT molecular complexity index is 1180. The maximum absolute atomic E-state index is 14.1. The largest absolute Gasteiger partial charge is 0.472 e. The van der Waals surface area contributed by atoms with Crippen LogP contribution in [0.25, 0.3) is 0 Å². The lowest BCUT2D eigenvalue weighted by Crippen LogP contribution is -2.73. The SMILES string of the molecule is CC1(C)OC(=O)C=CC2(C)C1C(=O)C(=O)C1(C)C2CCC2(C)C(c3ccoc3)OC(=O)C3OC321. The van der Waals surface area contributed by atoms with Gasteiger partial charge >= 0.3 is 11.9 Å². The number of rotatable bonds is 1. The van der Waals surface area contributed by atoms with Crippen molar-refractivity contribution in [1.82, 2.24) is 0 Å². The summed E-state index contributed by atoms with van der Waals surface area (Å²) in [5.41, 5.74) is -4.57. The number of ether oxygens (including phenoxy) is 3. The first-order valence-electron chi connectivity index (χ1n) is 11.8. The summed E-state index contributed by atoms with van der Waals surface area (Å²) in [5.74, 6) is -3.41. The lowest BCUT2D eigenvalue weighted by molar-refractivity contribution is -0.213. The standard InChI is InChI=1S/C26H28O8/c1-22(2)17-16(28)18(29)25(5)14(23(17,3)9-7-15(27)33-22)6-10-24(4)19(13-8-11-31-12-13)32-21(30)20-26(24,25)34-20/h7-9,11-12,14,17,19-20H,6,10H2,1-5H3. The van der Waals surface area contributed by atoms with Gasteiger partial charge in [-0.3, -0.25) is 9.59 Å². The van der Waals surface area contributed by atoms with E-state index in [4.69, 9.17) is 18.6 Å². The Morgan fingerprint density at radius 2 is 1.74 bits per heavy atom. The van der Waals surface area contributed by atoms with Crippen molar-refractivity contribution >= 4 is 23.5 Å². The molecule has 34 heavy (non-hydrogen) atoms. The minimum Gasteiger partial charge on any atom is -0.472 e. The van der Waals surface area contributed by atoms with Gasteiger partial charge in [0, 0.05) is 22.5 Å². The minimum atomic E-state index is -1.29. The van der Waals surface area contributed by atoms with E-state index in [9.17, 15) is 19.2 Å². The monoisotopic (exact) mass is 468 g/mol. The molecule has 2 aliphatic carbocycles. The summed E-state index contributed by atoms with van der Waals surface area (Å²) in [7, 11) is 0. The highest BCUT2D eigenvalue weighted by molar-refractivity contribution is 6.41. The van der Waals surface area contributed by atoms with Crippen LogP contribution in [-0.2, 0) is 33.4 Å². The number of fused-ring (bicyclic) bond motifs is 3. The fourth-order valence-corrected chi connectivity index (χ4v) is 8.47. The third-order valence-corrected chi connectivity index (χ3v) is 9.73. The van der Waals surface area contributed by atoms with E-state index < -0.39 is 69.1 Å². The van der Waals surface area contributed by atoms with E-state index in [2.05, 4.69) is 0 Å². The summed E-state index contributed by atoms with van der Waals surface area (Å²) in [6, 6.07) is 1.75. The molecule has 8 heteroatoms. The van der Waals surface area contributed by atoms with Gasteiger partial charge in [0.25, 0.3) is 0 Å². The number of carbonyl (C=O) groups excluding carboxylic acids is 4. The summed E-state index contributed by atoms with van der Waals surface area (Å²) in [4.78, 5) is 53.4. The molecule has 4 fully saturated rings. The fraction of sp³-hybridized carbons (Fsp3) is 0.615. The zero-order chi connectivity index (χ0) is 24.5. The van der Waals surface area contributed by atoms with Crippen molar-refractivity contribution in [2.75, 3.05) is 0 Å². The number of ketones is 2. The molecule has 4 heterocycles. The number of cyclic esters (lactones) is 2. The third-order valence-electron chi connectivity index (χ3n) is 9.73. The van der Waals surface area contributed by atoms with Gasteiger partial charge in [0.1, 0.15) is 17.3 Å². The Kier molecular flexibility index (Phi) is 3.90. The molecule has 180 valence electrons. The summed E-state index contributed by atoms with van der Waals surface area (Å²) < 4.78 is 22.9. The Balaban J connectivity index is 1.56. The number of hydrogen-bond donors (Lipinski definition) is 0. The normalized spacial score (nSPS) is 48.5. The van der Waals surface area contributed by atoms with Crippen LogP contribution in [0.1, 0.15) is 59.1 Å². The van der Waals surface area contributed by atoms with E-state index in [1.165, 1.54) is 12.3 Å². The van der Waals surface area contributed by atoms with Gasteiger partial charge in [-0.15, -0.1) is 0 Å². The quantitative estimate of drug-likeness (QED) is 0.351. The number of esters is 2. The first-order chi connectivity index (χ1) is 15.8. The maximum atomic E-state index is 14.1. The molecular weight excluding hydrogens is 440 g/mol. The summed E-state index contributed by atoms with van der Waals surface area (Å²) in [5, 5.41) is 0. The maximum Gasteiger partial charge on any atom is 0.339 e. The van der Waals surface area contributed by atoms with Crippen molar-refractivity contribution in [2.45, 2.75) is 70.9 Å². The van der Waals surface area contributed by atoms with Crippen LogP contribution in [-0.4, -0.2) is 40.8 Å². The first-order valence-corrected chi connectivity index (χ1v) is 11.8. The second kappa shape index (κ2) is 6.08. The van der Waals surface area contributed by atoms with Gasteiger partial charge in [-0.05, 0) is 45.6 Å². The molecule has 6 rings (SSSR count). The van der Waals surface area contributed by atoms with Crippen LogP contribution >= 0.6 is 0 Å². The van der Waals surface area contributed by atoms with Crippen molar-refractivity contribution in [3.05, 3.63) is 36.3 Å². The van der Waals surface area contributed by atoms with E-state index in [0.717, 1.165) is 0 Å². The van der Waals surface area contributed by atoms with Crippen LogP contribution in [0.5, 0.6) is 0 Å². The molecule has 2 saturated heterocycles. The molecule has 0 radical (unpaired) electrons. The van der Waals surface area contributed by atoms with Crippen LogP contribution < -0.4 is 0 Å². The molecular formula is C26H28O8. The number of furan rings is 1. The fourth-order valence-electron chi connectivity index (χ4n) is 8.47. The van der Waals surface area contributed by atoms with Crippen molar-refractivity contribution in [1.29, 1.82) is 0 Å². The summed E-state index contributed by atoms with van der Waals surface area (Å²) in [6.07, 6.45) is 5.75. The van der Waals surface area contributed by atoms with E-state index in [1.54, 1.807) is 39.2 Å². The average molecular weight is 469 g/mol. The summed E-state index contributed by atoms with van der Waals surface area (Å²) in [6.45, 7) is 9.05. The molecule has 8 atom stereocenters. The van der Waals surface area contributed by atoms with E-state index in [-0.39, 0.29) is 5.92 Å². The van der Waals surface area contributed by atoms with Gasteiger partial charge in [0.15, 0.2) is 6.10 Å². The average Bonchev–Trinajstić information content (AvgIpc) is 3.35. The molecule has 3 aliphatic heterocycles. The summed E-state index contributed by atoms with van der Waals surface area (Å²) >= 11 is 0. The number of carbonyl (C=O) groups is 4. The molecule has 2 saturated carbocycles. The van der Waals surface area contributed by atoms with Crippen LogP contribution in [0.4, 0.5) is 0 Å². The predicted octanol–water partition coefficient (Wildman–Crippen LogP) is 3.10.